The number of carbonyl (C=O) groups excluding carboxylic acids is 1. The minimum Gasteiger partial charge on any atom is -0.445 e. The van der Waals surface area contributed by atoms with Crippen LogP contribution < -0.4 is 10.6 Å². The molecule has 0 bridgehead atoms. The summed E-state index contributed by atoms with van der Waals surface area (Å²) in [6.45, 7) is 3.48. The summed E-state index contributed by atoms with van der Waals surface area (Å²) in [5, 5.41) is 6.43. The van der Waals surface area contributed by atoms with Gasteiger partial charge in [-0.25, -0.2) is 4.79 Å². The van der Waals surface area contributed by atoms with Gasteiger partial charge < -0.3 is 15.4 Å². The number of carbonyl (C=O) groups is 1. The van der Waals surface area contributed by atoms with Gasteiger partial charge in [-0.05, 0) is 24.9 Å². The third-order valence-corrected chi connectivity index (χ3v) is 3.73. The van der Waals surface area contributed by atoms with Crippen LogP contribution in [0, 0.1) is 0 Å². The van der Waals surface area contributed by atoms with Gasteiger partial charge in [0.2, 0.25) is 0 Å². The summed E-state index contributed by atoms with van der Waals surface area (Å²) < 4.78 is 5.26. The van der Waals surface area contributed by atoms with E-state index in [1.54, 1.807) is 0 Å². The van der Waals surface area contributed by atoms with Gasteiger partial charge in [0.25, 0.3) is 0 Å². The molecule has 4 heteroatoms. The Hall–Kier alpha value is -1.55. The van der Waals surface area contributed by atoms with Crippen molar-refractivity contribution in [3.8, 4) is 0 Å². The first-order chi connectivity index (χ1) is 9.79. The molecule has 110 valence electrons. The van der Waals surface area contributed by atoms with Crippen LogP contribution in [0.4, 0.5) is 4.79 Å². The van der Waals surface area contributed by atoms with E-state index in [1.807, 2.05) is 30.3 Å². The molecule has 1 aromatic rings. The van der Waals surface area contributed by atoms with Gasteiger partial charge in [-0.15, -0.1) is 0 Å². The largest absolute Gasteiger partial charge is 0.445 e. The maximum atomic E-state index is 11.8. The van der Waals surface area contributed by atoms with Gasteiger partial charge in [0.15, 0.2) is 0 Å². The predicted octanol–water partition coefficient (Wildman–Crippen LogP) is 2.83. The van der Waals surface area contributed by atoms with E-state index in [1.165, 1.54) is 12.8 Å². The summed E-state index contributed by atoms with van der Waals surface area (Å²) in [6.07, 6.45) is 4.15. The quantitative estimate of drug-likeness (QED) is 0.840. The number of nitrogens with one attached hydrogen (secondary N) is 2. The molecule has 1 aliphatic heterocycles. The first-order valence-electron chi connectivity index (χ1n) is 7.50. The van der Waals surface area contributed by atoms with Crippen molar-refractivity contribution in [3.63, 3.8) is 0 Å². The lowest BCUT2D eigenvalue weighted by atomic mass is 10.0. The average Bonchev–Trinajstić information content (AvgIpc) is 2.91. The second kappa shape index (κ2) is 7.90. The molecule has 2 rings (SSSR count). The van der Waals surface area contributed by atoms with Crippen LogP contribution >= 0.6 is 0 Å². The molecule has 1 amide bonds. The van der Waals surface area contributed by atoms with Crippen LogP contribution in [0.25, 0.3) is 0 Å². The molecule has 1 aromatic carbocycles. The second-order valence-corrected chi connectivity index (χ2v) is 5.30. The number of rotatable bonds is 6. The van der Waals surface area contributed by atoms with E-state index in [0.29, 0.717) is 12.6 Å². The van der Waals surface area contributed by atoms with E-state index in [9.17, 15) is 4.79 Å². The lowest BCUT2D eigenvalue weighted by Crippen LogP contribution is -2.43. The van der Waals surface area contributed by atoms with E-state index in [4.69, 9.17) is 4.74 Å². The zero-order valence-electron chi connectivity index (χ0n) is 12.1. The van der Waals surface area contributed by atoms with Crippen molar-refractivity contribution in [2.75, 3.05) is 6.54 Å². The Bertz CT molecular complexity index is 408. The first kappa shape index (κ1) is 14.9. The zero-order chi connectivity index (χ0) is 14.2. The molecule has 0 saturated carbocycles. The van der Waals surface area contributed by atoms with Crippen LogP contribution in [0.3, 0.4) is 0 Å². The van der Waals surface area contributed by atoms with E-state index >= 15 is 0 Å². The minimum absolute atomic E-state index is 0.199. The third-order valence-electron chi connectivity index (χ3n) is 3.73. The molecule has 0 aromatic heterocycles. The highest BCUT2D eigenvalue weighted by Crippen LogP contribution is 2.13. The molecule has 1 fully saturated rings. The molecule has 2 N–H and O–H groups in total. The molecule has 1 saturated heterocycles. The SMILES string of the molecule is CCCCC1NCCC1NC(=O)OCc1ccccc1. The van der Waals surface area contributed by atoms with Crippen molar-refractivity contribution in [3.05, 3.63) is 35.9 Å². The highest BCUT2D eigenvalue weighted by Gasteiger charge is 2.27. The van der Waals surface area contributed by atoms with Crippen molar-refractivity contribution < 1.29 is 9.53 Å². The molecule has 1 heterocycles. The van der Waals surface area contributed by atoms with Crippen molar-refractivity contribution in [1.29, 1.82) is 0 Å². The normalized spacial score (nSPS) is 21.6. The van der Waals surface area contributed by atoms with Crippen LogP contribution in [0.5, 0.6) is 0 Å². The number of hydrogen-bond donors (Lipinski definition) is 2. The molecular weight excluding hydrogens is 252 g/mol. The highest BCUT2D eigenvalue weighted by atomic mass is 16.5. The van der Waals surface area contributed by atoms with Crippen molar-refractivity contribution in [1.82, 2.24) is 10.6 Å². The van der Waals surface area contributed by atoms with Crippen LogP contribution in [-0.4, -0.2) is 24.7 Å². The summed E-state index contributed by atoms with van der Waals surface area (Å²) in [7, 11) is 0. The number of ether oxygens (including phenoxy) is 1. The molecule has 0 radical (unpaired) electrons. The standard InChI is InChI=1S/C16H24N2O2/c1-2-3-9-14-15(10-11-17-14)18-16(19)20-12-13-7-5-4-6-8-13/h4-8,14-15,17H,2-3,9-12H2,1H3,(H,18,19). The lowest BCUT2D eigenvalue weighted by molar-refractivity contribution is 0.134. The third kappa shape index (κ3) is 4.53. The van der Waals surface area contributed by atoms with Crippen molar-refractivity contribution >= 4 is 6.09 Å². The average molecular weight is 276 g/mol. The molecular formula is C16H24N2O2. The summed E-state index contributed by atoms with van der Waals surface area (Å²) in [5.74, 6) is 0. The van der Waals surface area contributed by atoms with Crippen LogP contribution in [0.2, 0.25) is 0 Å². The van der Waals surface area contributed by atoms with E-state index in [0.717, 1.165) is 24.9 Å². The topological polar surface area (TPSA) is 50.4 Å². The lowest BCUT2D eigenvalue weighted by Gasteiger charge is -2.20. The number of amides is 1. The van der Waals surface area contributed by atoms with Gasteiger partial charge >= 0.3 is 6.09 Å². The number of unbranched alkanes of at least 4 members (excludes halogenated alkanes) is 1. The molecule has 2 unspecified atom stereocenters. The summed E-state index contributed by atoms with van der Waals surface area (Å²) in [5.41, 5.74) is 1.01. The molecule has 0 spiro atoms. The van der Waals surface area contributed by atoms with E-state index < -0.39 is 0 Å². The van der Waals surface area contributed by atoms with Gasteiger partial charge in [0.1, 0.15) is 6.61 Å². The Morgan fingerprint density at radius 1 is 1.40 bits per heavy atom. The second-order valence-electron chi connectivity index (χ2n) is 5.30. The Labute approximate surface area is 120 Å². The first-order valence-corrected chi connectivity index (χ1v) is 7.50. The number of alkyl carbamates (subject to hydrolysis) is 1. The van der Waals surface area contributed by atoms with E-state index in [-0.39, 0.29) is 12.1 Å². The predicted molar refractivity (Wildman–Crippen MR) is 79.5 cm³/mol. The molecule has 4 nitrogen and oxygen atoms in total. The van der Waals surface area contributed by atoms with Gasteiger partial charge in [0.05, 0.1) is 0 Å². The molecule has 0 aliphatic carbocycles. The maximum Gasteiger partial charge on any atom is 0.407 e. The summed E-state index contributed by atoms with van der Waals surface area (Å²) in [4.78, 5) is 11.8. The summed E-state index contributed by atoms with van der Waals surface area (Å²) in [6, 6.07) is 10.3. The Morgan fingerprint density at radius 3 is 2.95 bits per heavy atom. The van der Waals surface area contributed by atoms with Crippen molar-refractivity contribution in [2.45, 2.75) is 51.3 Å². The van der Waals surface area contributed by atoms with Crippen molar-refractivity contribution in [2.24, 2.45) is 0 Å². The molecule has 2 atom stereocenters. The monoisotopic (exact) mass is 276 g/mol. The Kier molecular flexibility index (Phi) is 5.87. The highest BCUT2D eigenvalue weighted by molar-refractivity contribution is 5.67. The smallest absolute Gasteiger partial charge is 0.407 e. The molecule has 20 heavy (non-hydrogen) atoms. The van der Waals surface area contributed by atoms with E-state index in [2.05, 4.69) is 17.6 Å². The summed E-state index contributed by atoms with van der Waals surface area (Å²) >= 11 is 0. The van der Waals surface area contributed by atoms with Crippen LogP contribution in [0.15, 0.2) is 30.3 Å². The van der Waals surface area contributed by atoms with Crippen LogP contribution in [-0.2, 0) is 11.3 Å². The van der Waals surface area contributed by atoms with Gasteiger partial charge in [-0.1, -0.05) is 50.1 Å². The van der Waals surface area contributed by atoms with Gasteiger partial charge in [0, 0.05) is 12.1 Å². The Morgan fingerprint density at radius 2 is 2.20 bits per heavy atom. The van der Waals surface area contributed by atoms with Gasteiger partial charge in [-0.3, -0.25) is 0 Å². The number of benzene rings is 1. The fourth-order valence-corrected chi connectivity index (χ4v) is 2.58. The fraction of sp³-hybridized carbons (Fsp3) is 0.562. The fourth-order valence-electron chi connectivity index (χ4n) is 2.58. The van der Waals surface area contributed by atoms with Gasteiger partial charge in [-0.2, -0.15) is 0 Å². The maximum absolute atomic E-state index is 11.8. The molecule has 1 aliphatic rings. The Balaban J connectivity index is 1.73. The zero-order valence-corrected chi connectivity index (χ0v) is 12.1. The van der Waals surface area contributed by atoms with Crippen LogP contribution in [0.1, 0.15) is 38.2 Å². The number of hydrogen-bond acceptors (Lipinski definition) is 3. The minimum atomic E-state index is -0.316.